The zero-order valence-corrected chi connectivity index (χ0v) is 8.43. The summed E-state index contributed by atoms with van der Waals surface area (Å²) in [6, 6.07) is 0. The van der Waals surface area contributed by atoms with Crippen molar-refractivity contribution in [3.63, 3.8) is 0 Å². The van der Waals surface area contributed by atoms with Crippen LogP contribution in [0.5, 0.6) is 0 Å². The Balaban J connectivity index is 1.87. The van der Waals surface area contributed by atoms with Gasteiger partial charge in [-0.15, -0.1) is 10.2 Å². The van der Waals surface area contributed by atoms with Crippen LogP contribution in [-0.4, -0.2) is 44.7 Å². The van der Waals surface area contributed by atoms with Crippen molar-refractivity contribution in [1.29, 1.82) is 0 Å². The van der Waals surface area contributed by atoms with E-state index in [4.69, 9.17) is 5.73 Å². The summed E-state index contributed by atoms with van der Waals surface area (Å²) in [5.74, 6) is 1.44. The highest BCUT2D eigenvalue weighted by Gasteiger charge is 2.22. The number of tetrazole rings is 1. The molecule has 2 heterocycles. The number of hydrogen-bond donors (Lipinski definition) is 1. The Bertz CT molecular complexity index is 296. The molecule has 1 fully saturated rings. The minimum absolute atomic E-state index is 0.645. The van der Waals surface area contributed by atoms with Gasteiger partial charge in [0.1, 0.15) is 0 Å². The van der Waals surface area contributed by atoms with Gasteiger partial charge >= 0.3 is 0 Å². The van der Waals surface area contributed by atoms with Gasteiger partial charge in [0.2, 0.25) is 0 Å². The first-order chi connectivity index (χ1) is 6.78. The first kappa shape index (κ1) is 9.54. The van der Waals surface area contributed by atoms with E-state index >= 15 is 0 Å². The lowest BCUT2D eigenvalue weighted by molar-refractivity contribution is 0.309. The molecule has 0 spiro atoms. The molecule has 0 saturated carbocycles. The summed E-state index contributed by atoms with van der Waals surface area (Å²) in [5.41, 5.74) is 5.62. The van der Waals surface area contributed by atoms with Gasteiger partial charge in [0.05, 0.1) is 13.6 Å². The minimum atomic E-state index is 0.645. The zero-order valence-electron chi connectivity index (χ0n) is 8.43. The monoisotopic (exact) mass is 196 g/mol. The van der Waals surface area contributed by atoms with Crippen molar-refractivity contribution < 1.29 is 0 Å². The number of aryl methyl sites for hydroxylation is 1. The molecule has 1 aliphatic rings. The Hall–Kier alpha value is -1.01. The van der Waals surface area contributed by atoms with Crippen molar-refractivity contribution in [2.75, 3.05) is 19.6 Å². The summed E-state index contributed by atoms with van der Waals surface area (Å²) in [7, 11) is 1.78. The first-order valence-electron chi connectivity index (χ1n) is 4.93. The van der Waals surface area contributed by atoms with E-state index in [1.807, 2.05) is 0 Å². The molecule has 1 atom stereocenters. The second kappa shape index (κ2) is 4.02. The second-order valence-electron chi connectivity index (χ2n) is 3.82. The number of nitrogens with zero attached hydrogens (tertiary/aromatic N) is 5. The van der Waals surface area contributed by atoms with Gasteiger partial charge in [-0.05, 0) is 30.6 Å². The Morgan fingerprint density at radius 3 is 3.00 bits per heavy atom. The van der Waals surface area contributed by atoms with Gasteiger partial charge in [-0.25, -0.2) is 0 Å². The summed E-state index contributed by atoms with van der Waals surface area (Å²) in [4.78, 5) is 3.82. The van der Waals surface area contributed by atoms with Gasteiger partial charge < -0.3 is 5.73 Å². The summed E-state index contributed by atoms with van der Waals surface area (Å²) in [6.45, 7) is 3.74. The van der Waals surface area contributed by atoms with Crippen molar-refractivity contribution in [3.8, 4) is 0 Å². The van der Waals surface area contributed by atoms with Crippen LogP contribution in [0.3, 0.4) is 0 Å². The molecule has 1 unspecified atom stereocenters. The van der Waals surface area contributed by atoms with Crippen LogP contribution in [0.25, 0.3) is 0 Å². The van der Waals surface area contributed by atoms with Gasteiger partial charge in [0.15, 0.2) is 5.82 Å². The number of rotatable bonds is 3. The lowest BCUT2D eigenvalue weighted by atomic mass is 10.1. The average molecular weight is 196 g/mol. The molecule has 0 bridgehead atoms. The van der Waals surface area contributed by atoms with Crippen molar-refractivity contribution in [1.82, 2.24) is 25.1 Å². The molecule has 14 heavy (non-hydrogen) atoms. The van der Waals surface area contributed by atoms with E-state index in [2.05, 4.69) is 20.3 Å². The number of hydrogen-bond acceptors (Lipinski definition) is 5. The third kappa shape index (κ3) is 2.08. The molecule has 2 rings (SSSR count). The minimum Gasteiger partial charge on any atom is -0.330 e. The van der Waals surface area contributed by atoms with Crippen LogP contribution in [0.1, 0.15) is 12.2 Å². The lowest BCUT2D eigenvalue weighted by Gasteiger charge is -2.12. The molecule has 0 amide bonds. The normalized spacial score (nSPS) is 23.1. The molecule has 1 saturated heterocycles. The molecule has 0 radical (unpaired) electrons. The van der Waals surface area contributed by atoms with E-state index in [-0.39, 0.29) is 0 Å². The molecular weight excluding hydrogens is 180 g/mol. The van der Waals surface area contributed by atoms with Gasteiger partial charge in [0, 0.05) is 6.54 Å². The maximum atomic E-state index is 5.62. The highest BCUT2D eigenvalue weighted by molar-refractivity contribution is 4.82. The van der Waals surface area contributed by atoms with Crippen molar-refractivity contribution in [2.24, 2.45) is 18.7 Å². The van der Waals surface area contributed by atoms with Crippen molar-refractivity contribution >= 4 is 0 Å². The molecule has 0 aliphatic carbocycles. The van der Waals surface area contributed by atoms with E-state index in [1.165, 1.54) is 11.2 Å². The largest absolute Gasteiger partial charge is 0.330 e. The molecule has 78 valence electrons. The van der Waals surface area contributed by atoms with E-state index in [9.17, 15) is 0 Å². The smallest absolute Gasteiger partial charge is 0.188 e. The van der Waals surface area contributed by atoms with Gasteiger partial charge in [-0.2, -0.15) is 4.80 Å². The SMILES string of the molecule is Cn1nnc(CN2CCC(CN)C2)n1. The third-order valence-electron chi connectivity index (χ3n) is 2.62. The number of aromatic nitrogens is 4. The molecule has 1 aliphatic heterocycles. The maximum absolute atomic E-state index is 5.62. The molecular formula is C8H16N6. The van der Waals surface area contributed by atoms with Crippen LogP contribution in [0, 0.1) is 5.92 Å². The van der Waals surface area contributed by atoms with Crippen molar-refractivity contribution in [2.45, 2.75) is 13.0 Å². The fraction of sp³-hybridized carbons (Fsp3) is 0.875. The lowest BCUT2D eigenvalue weighted by Crippen LogP contribution is -2.23. The Morgan fingerprint density at radius 2 is 2.43 bits per heavy atom. The van der Waals surface area contributed by atoms with E-state index in [0.29, 0.717) is 5.92 Å². The number of likely N-dealkylation sites (tertiary alicyclic amines) is 1. The second-order valence-corrected chi connectivity index (χ2v) is 3.82. The molecule has 6 nitrogen and oxygen atoms in total. The Kier molecular flexibility index (Phi) is 2.74. The Morgan fingerprint density at radius 1 is 1.57 bits per heavy atom. The summed E-state index contributed by atoms with van der Waals surface area (Å²) >= 11 is 0. The topological polar surface area (TPSA) is 72.9 Å². The van der Waals surface area contributed by atoms with Crippen LogP contribution in [0.15, 0.2) is 0 Å². The average Bonchev–Trinajstić information content (AvgIpc) is 2.76. The fourth-order valence-electron chi connectivity index (χ4n) is 1.84. The quantitative estimate of drug-likeness (QED) is 0.670. The number of nitrogens with two attached hydrogens (primary N) is 1. The van der Waals surface area contributed by atoms with E-state index < -0.39 is 0 Å². The van der Waals surface area contributed by atoms with E-state index in [0.717, 1.165) is 32.0 Å². The standard InChI is InChI=1S/C8H16N6/c1-13-11-8(10-12-13)6-14-3-2-7(4-9)5-14/h7H,2-6,9H2,1H3. The summed E-state index contributed by atoms with van der Waals surface area (Å²) in [6.07, 6.45) is 1.19. The van der Waals surface area contributed by atoms with Crippen LogP contribution < -0.4 is 5.73 Å². The summed E-state index contributed by atoms with van der Waals surface area (Å²) < 4.78 is 0. The van der Waals surface area contributed by atoms with Gasteiger partial charge in [0.25, 0.3) is 0 Å². The Labute approximate surface area is 83.1 Å². The highest BCUT2D eigenvalue weighted by Crippen LogP contribution is 2.15. The summed E-state index contributed by atoms with van der Waals surface area (Å²) in [5, 5.41) is 11.9. The van der Waals surface area contributed by atoms with E-state index in [1.54, 1.807) is 7.05 Å². The van der Waals surface area contributed by atoms with Crippen LogP contribution >= 0.6 is 0 Å². The third-order valence-corrected chi connectivity index (χ3v) is 2.62. The van der Waals surface area contributed by atoms with Gasteiger partial charge in [-0.3, -0.25) is 4.90 Å². The predicted molar refractivity (Wildman–Crippen MR) is 51.2 cm³/mol. The predicted octanol–water partition coefficient (Wildman–Crippen LogP) is -1.01. The van der Waals surface area contributed by atoms with Crippen LogP contribution in [0.4, 0.5) is 0 Å². The fourth-order valence-corrected chi connectivity index (χ4v) is 1.84. The van der Waals surface area contributed by atoms with Crippen molar-refractivity contribution in [3.05, 3.63) is 5.82 Å². The van der Waals surface area contributed by atoms with Crippen LogP contribution in [0.2, 0.25) is 0 Å². The molecule has 6 heteroatoms. The highest BCUT2D eigenvalue weighted by atomic mass is 15.6. The molecule has 0 aromatic carbocycles. The zero-order chi connectivity index (χ0) is 9.97. The van der Waals surface area contributed by atoms with Gasteiger partial charge in [-0.1, -0.05) is 0 Å². The molecule has 1 aromatic heterocycles. The first-order valence-corrected chi connectivity index (χ1v) is 4.93. The van der Waals surface area contributed by atoms with Crippen LogP contribution in [-0.2, 0) is 13.6 Å². The maximum Gasteiger partial charge on any atom is 0.188 e. The molecule has 2 N–H and O–H groups in total. The molecule has 1 aromatic rings.